The van der Waals surface area contributed by atoms with Crippen LogP contribution >= 0.6 is 0 Å². The third-order valence-corrected chi connectivity index (χ3v) is 13.3. The molecule has 0 radical (unpaired) electrons. The van der Waals surface area contributed by atoms with E-state index in [0.717, 1.165) is 18.3 Å². The van der Waals surface area contributed by atoms with Gasteiger partial charge in [-0.25, -0.2) is 0 Å². The Kier molecular flexibility index (Phi) is 14.9. The first-order valence-electron chi connectivity index (χ1n) is 22.0. The molecule has 10 aromatic rings. The van der Waals surface area contributed by atoms with E-state index in [1.54, 1.807) is 11.1 Å². The van der Waals surface area contributed by atoms with Gasteiger partial charge in [0, 0.05) is 0 Å². The van der Waals surface area contributed by atoms with Crippen molar-refractivity contribution >= 4 is 64.6 Å². The minimum absolute atomic E-state index is 0. The maximum absolute atomic E-state index is 3.38. The molecule has 10 aromatic carbocycles. The predicted molar refractivity (Wildman–Crippen MR) is 258 cm³/mol. The Labute approximate surface area is 399 Å². The number of rotatable bonds is 4. The van der Waals surface area contributed by atoms with E-state index in [-0.39, 0.29) is 51.0 Å². The van der Waals surface area contributed by atoms with Crippen molar-refractivity contribution < 1.29 is 51.0 Å². The summed E-state index contributed by atoms with van der Waals surface area (Å²) < 4.78 is 0. The topological polar surface area (TPSA) is 0 Å². The number of fused-ring (bicyclic) bond motifs is 6. The molecule has 0 N–H and O–H groups in total. The average Bonchev–Trinajstić information content (AvgIpc) is 4.12. The summed E-state index contributed by atoms with van der Waals surface area (Å²) in [6.07, 6.45) is 11.7. The van der Waals surface area contributed by atoms with Gasteiger partial charge >= 0.3 is 26.2 Å². The second kappa shape index (κ2) is 20.3. The van der Waals surface area contributed by atoms with Crippen LogP contribution in [0.2, 0.25) is 0 Å². The van der Waals surface area contributed by atoms with Crippen LogP contribution in [0.25, 0.3) is 86.9 Å². The van der Waals surface area contributed by atoms with Crippen LogP contribution < -0.4 is 24.8 Å². The van der Waals surface area contributed by atoms with E-state index in [9.17, 15) is 0 Å². The van der Waals surface area contributed by atoms with Gasteiger partial charge in [-0.2, -0.15) is 12.1 Å². The summed E-state index contributed by atoms with van der Waals surface area (Å²) in [5.74, 6) is 1.51. The Balaban J connectivity index is 0.000000168. The second-order valence-corrected chi connectivity index (χ2v) is 16.9. The molecule has 0 amide bonds. The Hall–Kier alpha value is -4.52. The Morgan fingerprint density at radius 1 is 0.387 bits per heavy atom. The summed E-state index contributed by atoms with van der Waals surface area (Å²) in [4.78, 5) is 0. The zero-order valence-electron chi connectivity index (χ0n) is 35.4. The molecule has 0 heterocycles. The van der Waals surface area contributed by atoms with Gasteiger partial charge in [0.15, 0.2) is 0 Å². The summed E-state index contributed by atoms with van der Waals surface area (Å²) in [6, 6.07) is 63.4. The minimum atomic E-state index is 0. The van der Waals surface area contributed by atoms with Gasteiger partial charge in [0.2, 0.25) is 0 Å². The van der Waals surface area contributed by atoms with Crippen LogP contribution in [-0.4, -0.2) is 0 Å². The zero-order chi connectivity index (χ0) is 39.7. The molecule has 0 atom stereocenters. The Morgan fingerprint density at radius 3 is 1.02 bits per heavy atom. The van der Waals surface area contributed by atoms with Crippen molar-refractivity contribution in [1.29, 1.82) is 0 Å². The van der Waals surface area contributed by atoms with Crippen LogP contribution in [0.4, 0.5) is 0 Å². The smallest absolute Gasteiger partial charge is 1.00 e. The van der Waals surface area contributed by atoms with Gasteiger partial charge < -0.3 is 45.1 Å². The molecule has 12 rings (SSSR count). The first-order chi connectivity index (χ1) is 29.2. The van der Waals surface area contributed by atoms with E-state index >= 15 is 0 Å². The Morgan fingerprint density at radius 2 is 0.694 bits per heavy atom. The molecule has 0 nitrogen and oxygen atoms in total. The molecule has 0 aliphatic heterocycles. The van der Waals surface area contributed by atoms with Crippen molar-refractivity contribution in [3.63, 3.8) is 0 Å². The van der Waals surface area contributed by atoms with Crippen LogP contribution in [-0.2, 0) is 26.2 Å². The monoisotopic (exact) mass is 920 g/mol. The van der Waals surface area contributed by atoms with Crippen molar-refractivity contribution in [1.82, 2.24) is 0 Å². The van der Waals surface area contributed by atoms with Crippen LogP contribution in [0, 0.1) is 13.8 Å². The molecular formula is C59H52Cl2Zr-4. The third-order valence-electron chi connectivity index (χ3n) is 13.3. The van der Waals surface area contributed by atoms with Crippen LogP contribution in [0.5, 0.6) is 0 Å². The molecule has 0 aromatic heterocycles. The summed E-state index contributed by atoms with van der Waals surface area (Å²) >= 11 is 0. The van der Waals surface area contributed by atoms with E-state index in [2.05, 4.69) is 184 Å². The van der Waals surface area contributed by atoms with Crippen LogP contribution in [0.15, 0.2) is 170 Å². The molecule has 0 spiro atoms. The fourth-order valence-electron chi connectivity index (χ4n) is 10.5. The predicted octanol–water partition coefficient (Wildman–Crippen LogP) is 11.4. The molecule has 2 aliphatic rings. The van der Waals surface area contributed by atoms with Gasteiger partial charge in [0.1, 0.15) is 0 Å². The first-order valence-corrected chi connectivity index (χ1v) is 22.0. The van der Waals surface area contributed by atoms with E-state index in [4.69, 9.17) is 0 Å². The summed E-state index contributed by atoms with van der Waals surface area (Å²) in [5, 5.41) is 16.2. The molecule has 310 valence electrons. The molecule has 0 unspecified atom stereocenters. The molecule has 0 saturated heterocycles. The van der Waals surface area contributed by atoms with Crippen molar-refractivity contribution in [2.45, 2.75) is 69.6 Å². The van der Waals surface area contributed by atoms with Crippen LogP contribution in [0.1, 0.15) is 80.8 Å². The van der Waals surface area contributed by atoms with Gasteiger partial charge in [-0.1, -0.05) is 146 Å². The molecule has 2 aliphatic carbocycles. The van der Waals surface area contributed by atoms with Gasteiger partial charge in [-0.15, -0.1) is 69.1 Å². The fraction of sp³-hybridized carbons (Fsp3) is 0.186. The second-order valence-electron chi connectivity index (χ2n) is 16.9. The summed E-state index contributed by atoms with van der Waals surface area (Å²) in [5.41, 5.74) is 8.59. The molecule has 2 fully saturated rings. The van der Waals surface area contributed by atoms with Crippen molar-refractivity contribution in [3.05, 3.63) is 195 Å². The van der Waals surface area contributed by atoms with E-state index in [0.29, 0.717) is 0 Å². The Bertz CT molecular complexity index is 2760. The van der Waals surface area contributed by atoms with Crippen LogP contribution in [0.3, 0.4) is 0 Å². The molecule has 0 bridgehead atoms. The van der Waals surface area contributed by atoms with Gasteiger partial charge in [-0.3, -0.25) is 0 Å². The molecule has 3 heteroatoms. The molecular weight excluding hydrogens is 871 g/mol. The van der Waals surface area contributed by atoms with Gasteiger partial charge in [-0.05, 0) is 104 Å². The van der Waals surface area contributed by atoms with Gasteiger partial charge in [0.25, 0.3) is 0 Å². The fourth-order valence-corrected chi connectivity index (χ4v) is 10.5. The quantitative estimate of drug-likeness (QED) is 0.122. The maximum atomic E-state index is 3.38. The third kappa shape index (κ3) is 8.71. The van der Waals surface area contributed by atoms with Crippen molar-refractivity contribution in [3.8, 4) is 22.3 Å². The number of hydrogen-bond donors (Lipinski definition) is 0. The van der Waals surface area contributed by atoms with Crippen molar-refractivity contribution in [2.24, 2.45) is 0 Å². The number of benzene rings is 8. The normalized spacial score (nSPS) is 14.0. The van der Waals surface area contributed by atoms with Crippen molar-refractivity contribution in [2.75, 3.05) is 0 Å². The SMILES string of the molecule is [CH2-]C[CH2-].[Cl-].[Cl-].[Zr+2].c1ccc2c(-c3cccc4[cH-]c(C5CCCC5)cc34)c3ccccc3cc2c1.c1ccc2c(-c3cccc4[cH-]c(C5CCCC5)cc34)c3ccccc3cc2c1. The van der Waals surface area contributed by atoms with E-state index < -0.39 is 0 Å². The van der Waals surface area contributed by atoms with Gasteiger partial charge in [0.05, 0.1) is 0 Å². The minimum Gasteiger partial charge on any atom is -1.00 e. The molecule has 62 heavy (non-hydrogen) atoms. The first kappa shape index (κ1) is 45.5. The molecule has 2 saturated carbocycles. The largest absolute Gasteiger partial charge is 2.00 e. The number of hydrogen-bond acceptors (Lipinski definition) is 0. The average molecular weight is 923 g/mol. The summed E-state index contributed by atoms with van der Waals surface area (Å²) in [6.45, 7) is 6.75. The standard InChI is InChI=1S/2C28H23.C3H6.2ClH.Zr/c2*1-2-9-19(8-1)23-17-22-12-7-15-26(27(22)18-23)28-24-13-5-3-10-20(24)16-21-11-4-6-14-25(21)28;1-3-2;;;/h2*3-7,10-19H,1-2,8-9H2;1-3H2;2*1H;/q2*-1;-2;;;+2/p-2. The zero-order valence-corrected chi connectivity index (χ0v) is 39.3. The number of halogens is 2. The maximum Gasteiger partial charge on any atom is 2.00 e. The van der Waals surface area contributed by atoms with E-state index in [1.165, 1.54) is 138 Å². The van der Waals surface area contributed by atoms with E-state index in [1.807, 2.05) is 0 Å². The summed E-state index contributed by atoms with van der Waals surface area (Å²) in [7, 11) is 0.